The van der Waals surface area contributed by atoms with E-state index in [1.165, 1.54) is 18.9 Å². The van der Waals surface area contributed by atoms with Crippen molar-refractivity contribution in [2.45, 2.75) is 32.2 Å². The molecule has 0 saturated heterocycles. The summed E-state index contributed by atoms with van der Waals surface area (Å²) in [4.78, 5) is 38.6. The number of nitrogens with zero attached hydrogens (tertiary/aromatic N) is 3. The largest absolute Gasteiger partial charge is 0.489 e. The number of amides is 3. The number of thioether (sulfide) groups is 1. The summed E-state index contributed by atoms with van der Waals surface area (Å²) < 4.78 is 5.79. The maximum Gasteiger partial charge on any atom is 0.271 e. The monoisotopic (exact) mass is 464 g/mol. The highest BCUT2D eigenvalue weighted by molar-refractivity contribution is 8.15. The molecule has 4 rings (SSSR count). The van der Waals surface area contributed by atoms with Gasteiger partial charge >= 0.3 is 0 Å². The van der Waals surface area contributed by atoms with Gasteiger partial charge in [-0.25, -0.2) is 0 Å². The number of hydrogen-bond acceptors (Lipinski definition) is 6. The number of carbonyl (C=O) groups excluding carboxylic acids is 3. The molecule has 0 fully saturated rings. The molecule has 0 saturated carbocycles. The molecule has 0 unspecified atom stereocenters. The maximum atomic E-state index is 14.1. The molecule has 9 heteroatoms. The van der Waals surface area contributed by atoms with Crippen LogP contribution in [0.2, 0.25) is 0 Å². The van der Waals surface area contributed by atoms with E-state index in [1.54, 1.807) is 11.0 Å². The lowest BCUT2D eigenvalue weighted by Crippen LogP contribution is -2.48. The summed E-state index contributed by atoms with van der Waals surface area (Å²) in [7, 11) is 0. The molecule has 2 heterocycles. The zero-order valence-electron chi connectivity index (χ0n) is 18.6. The second-order valence-corrected chi connectivity index (χ2v) is 8.91. The molecule has 33 heavy (non-hydrogen) atoms. The molecular formula is C24H24N4O4S. The number of amidine groups is 1. The lowest BCUT2D eigenvalue weighted by molar-refractivity contribution is -0.139. The Hall–Kier alpha value is -3.59. The fraction of sp³-hybridized carbons (Fsp3) is 0.250. The van der Waals surface area contributed by atoms with E-state index in [9.17, 15) is 14.4 Å². The predicted octanol–water partition coefficient (Wildman–Crippen LogP) is 3.26. The van der Waals surface area contributed by atoms with Crippen LogP contribution in [-0.4, -0.2) is 34.5 Å². The summed E-state index contributed by atoms with van der Waals surface area (Å²) in [6.45, 7) is 8.90. The third-order valence-corrected chi connectivity index (χ3v) is 6.62. The zero-order chi connectivity index (χ0) is 23.8. The summed E-state index contributed by atoms with van der Waals surface area (Å²) in [5.41, 5.74) is 3.08. The van der Waals surface area contributed by atoms with Gasteiger partial charge < -0.3 is 15.0 Å². The average molecular weight is 465 g/mol. The number of anilines is 1. The highest BCUT2D eigenvalue weighted by Crippen LogP contribution is 2.55. The summed E-state index contributed by atoms with van der Waals surface area (Å²) in [6, 6.07) is 13.1. The van der Waals surface area contributed by atoms with Gasteiger partial charge in [-0.15, -0.1) is 5.10 Å². The van der Waals surface area contributed by atoms with Crippen molar-refractivity contribution in [1.29, 1.82) is 0 Å². The van der Waals surface area contributed by atoms with Crippen LogP contribution >= 0.6 is 11.8 Å². The number of aryl methyl sites for hydroxylation is 1. The van der Waals surface area contributed by atoms with Crippen molar-refractivity contribution in [2.75, 3.05) is 11.5 Å². The highest BCUT2D eigenvalue weighted by atomic mass is 32.2. The lowest BCUT2D eigenvalue weighted by Gasteiger charge is -2.29. The number of benzene rings is 2. The smallest absolute Gasteiger partial charge is 0.271 e. The van der Waals surface area contributed by atoms with Gasteiger partial charge in [-0.2, -0.15) is 5.01 Å². The van der Waals surface area contributed by atoms with Crippen molar-refractivity contribution in [3.8, 4) is 5.75 Å². The van der Waals surface area contributed by atoms with Crippen molar-refractivity contribution < 1.29 is 19.1 Å². The van der Waals surface area contributed by atoms with Gasteiger partial charge in [0.05, 0.1) is 12.2 Å². The molecule has 0 radical (unpaired) electrons. The molecule has 2 aliphatic rings. The fourth-order valence-corrected chi connectivity index (χ4v) is 5.42. The number of fused-ring (bicyclic) bond motifs is 2. The van der Waals surface area contributed by atoms with Crippen LogP contribution in [0.3, 0.4) is 0 Å². The topological polar surface area (TPSA) is 91.3 Å². The second kappa shape index (κ2) is 8.74. The minimum Gasteiger partial charge on any atom is -0.489 e. The van der Waals surface area contributed by atoms with E-state index in [2.05, 4.69) is 17.0 Å². The predicted molar refractivity (Wildman–Crippen MR) is 128 cm³/mol. The first-order valence-corrected chi connectivity index (χ1v) is 11.2. The minimum absolute atomic E-state index is 0.204. The van der Waals surface area contributed by atoms with Crippen molar-refractivity contribution >= 4 is 40.3 Å². The van der Waals surface area contributed by atoms with Crippen LogP contribution < -0.4 is 15.0 Å². The second-order valence-electron chi connectivity index (χ2n) is 7.73. The maximum absolute atomic E-state index is 14.1. The molecule has 1 spiro atoms. The van der Waals surface area contributed by atoms with Crippen LogP contribution in [0.15, 0.2) is 60.2 Å². The zero-order valence-corrected chi connectivity index (χ0v) is 19.4. The van der Waals surface area contributed by atoms with Crippen molar-refractivity contribution in [3.05, 3.63) is 71.8 Å². The Labute approximate surface area is 196 Å². The Morgan fingerprint density at radius 3 is 2.67 bits per heavy atom. The Balaban J connectivity index is 1.81. The lowest BCUT2D eigenvalue weighted by atomic mass is 10.0. The first-order valence-electron chi connectivity index (χ1n) is 10.4. The van der Waals surface area contributed by atoms with E-state index < -0.39 is 10.8 Å². The van der Waals surface area contributed by atoms with Crippen LogP contribution in [-0.2, 0) is 25.8 Å². The Morgan fingerprint density at radius 2 is 1.97 bits per heavy atom. The van der Waals surface area contributed by atoms with E-state index in [1.807, 2.05) is 49.4 Å². The van der Waals surface area contributed by atoms with Crippen LogP contribution in [0.4, 0.5) is 5.69 Å². The molecular weight excluding hydrogens is 440 g/mol. The molecule has 0 aliphatic carbocycles. The van der Waals surface area contributed by atoms with Gasteiger partial charge in [0.25, 0.3) is 5.91 Å². The Bertz CT molecular complexity index is 1190. The molecule has 1 atom stereocenters. The number of para-hydroxylation sites is 2. The standard InChI is InChI=1S/C24H24N4O4S/c1-5-13-32-20-12-7-6-10-18(20)14-27-21-15(2)9-8-11-19(21)24(22(27)31)28(17(4)30)26-23(33-24)25-16(3)29/h5-12H,1,13-14H2,2-4H3,(H,25,26,29)/t24-/m0/s1. The van der Waals surface area contributed by atoms with Crippen LogP contribution in [0, 0.1) is 6.92 Å². The SMILES string of the molecule is C=CCOc1ccccc1CN1C(=O)[C@@]2(SC(NC(C)=O)=NN2C(C)=O)c2cccc(C)c21. The van der Waals surface area contributed by atoms with Crippen LogP contribution in [0.1, 0.15) is 30.5 Å². The van der Waals surface area contributed by atoms with Gasteiger partial charge in [0.2, 0.25) is 16.7 Å². The van der Waals surface area contributed by atoms with Crippen molar-refractivity contribution in [2.24, 2.45) is 5.10 Å². The summed E-state index contributed by atoms with van der Waals surface area (Å²) >= 11 is 1.06. The normalized spacial score (nSPS) is 18.9. The average Bonchev–Trinajstić information content (AvgIpc) is 3.26. The third-order valence-electron chi connectivity index (χ3n) is 5.38. The molecule has 2 aromatic rings. The summed E-state index contributed by atoms with van der Waals surface area (Å²) in [5, 5.41) is 8.28. The van der Waals surface area contributed by atoms with Crippen molar-refractivity contribution in [3.63, 3.8) is 0 Å². The molecule has 8 nitrogen and oxygen atoms in total. The first-order chi connectivity index (χ1) is 15.8. The van der Waals surface area contributed by atoms with Gasteiger partial charge in [0, 0.05) is 25.0 Å². The number of nitrogens with one attached hydrogen (secondary N) is 1. The first kappa shape index (κ1) is 22.6. The number of rotatable bonds is 5. The Kier molecular flexibility index (Phi) is 5.99. The minimum atomic E-state index is -1.43. The van der Waals surface area contributed by atoms with Gasteiger partial charge in [-0.1, -0.05) is 49.1 Å². The molecule has 0 aromatic heterocycles. The van der Waals surface area contributed by atoms with E-state index in [0.717, 1.165) is 28.6 Å². The molecule has 2 aliphatic heterocycles. The molecule has 1 N–H and O–H groups in total. The van der Waals surface area contributed by atoms with Gasteiger partial charge in [0.1, 0.15) is 12.4 Å². The molecule has 170 valence electrons. The van der Waals surface area contributed by atoms with Gasteiger partial charge in [-0.3, -0.25) is 14.4 Å². The quantitative estimate of drug-likeness (QED) is 0.686. The Morgan fingerprint density at radius 1 is 1.21 bits per heavy atom. The van der Waals surface area contributed by atoms with E-state index >= 15 is 0 Å². The van der Waals surface area contributed by atoms with Crippen LogP contribution in [0.5, 0.6) is 5.75 Å². The number of ether oxygens (including phenoxy) is 1. The number of carbonyl (C=O) groups is 3. The molecule has 0 bridgehead atoms. The van der Waals surface area contributed by atoms with Gasteiger partial charge in [0.15, 0.2) is 5.17 Å². The van der Waals surface area contributed by atoms with E-state index in [4.69, 9.17) is 4.74 Å². The van der Waals surface area contributed by atoms with Gasteiger partial charge in [-0.05, 0) is 30.3 Å². The highest BCUT2D eigenvalue weighted by Gasteiger charge is 2.61. The van der Waals surface area contributed by atoms with E-state index in [-0.39, 0.29) is 23.5 Å². The van der Waals surface area contributed by atoms with Crippen molar-refractivity contribution in [1.82, 2.24) is 10.3 Å². The van der Waals surface area contributed by atoms with Crippen LogP contribution in [0.25, 0.3) is 0 Å². The molecule has 2 aromatic carbocycles. The summed E-state index contributed by atoms with van der Waals surface area (Å²) in [5.74, 6) is -0.393. The molecule has 3 amide bonds. The number of hydrazone groups is 1. The summed E-state index contributed by atoms with van der Waals surface area (Å²) in [6.07, 6.45) is 1.66. The number of hydrogen-bond donors (Lipinski definition) is 1. The van der Waals surface area contributed by atoms with E-state index in [0.29, 0.717) is 17.9 Å². The fourth-order valence-electron chi connectivity index (χ4n) is 4.10. The third kappa shape index (κ3) is 3.78.